The van der Waals surface area contributed by atoms with Crippen LogP contribution in [0.4, 0.5) is 20.2 Å². The van der Waals surface area contributed by atoms with Gasteiger partial charge in [0.05, 0.1) is 24.7 Å². The number of thiazole rings is 1. The highest BCUT2D eigenvalue weighted by Gasteiger charge is 2.20. The lowest BCUT2D eigenvalue weighted by molar-refractivity contribution is -0.0512. The topological polar surface area (TPSA) is 60.9 Å². The van der Waals surface area contributed by atoms with Gasteiger partial charge < -0.3 is 19.1 Å². The number of nitrogens with zero attached hydrogens (tertiary/aromatic N) is 2. The number of esters is 1. The Morgan fingerprint density at radius 2 is 1.78 bits per heavy atom. The molecule has 0 N–H and O–H groups in total. The quantitative estimate of drug-likeness (QED) is 0.380. The Bertz CT molecular complexity index is 1040. The van der Waals surface area contributed by atoms with Crippen LogP contribution in [0.3, 0.4) is 0 Å². The van der Waals surface area contributed by atoms with Gasteiger partial charge in [-0.3, -0.25) is 4.98 Å². The number of rotatable bonds is 8. The number of carbonyl (C=O) groups is 1. The molecule has 9 heteroatoms. The number of benzene rings is 2. The molecular weight excluding hydrogens is 438 g/mol. The Kier molecular flexibility index (Phi) is 7.29. The van der Waals surface area contributed by atoms with Crippen molar-refractivity contribution in [3.63, 3.8) is 0 Å². The second kappa shape index (κ2) is 9.95. The average molecular weight is 463 g/mol. The van der Waals surface area contributed by atoms with E-state index in [0.29, 0.717) is 17.8 Å². The number of methoxy groups -OCH3 is 1. The molecule has 0 saturated heterocycles. The summed E-state index contributed by atoms with van der Waals surface area (Å²) in [6, 6.07) is 11.7. The smallest absolute Gasteiger partial charge is 0.387 e. The Morgan fingerprint density at radius 1 is 1.09 bits per heavy atom. The van der Waals surface area contributed by atoms with E-state index >= 15 is 0 Å². The van der Waals surface area contributed by atoms with E-state index in [-0.39, 0.29) is 11.5 Å². The molecule has 3 aromatic rings. The van der Waals surface area contributed by atoms with Crippen molar-refractivity contribution in [1.29, 1.82) is 0 Å². The monoisotopic (exact) mass is 462 g/mol. The standard InChI is InChI=1S/C23H24F2N2O4S/c1-23(2,3)31-21(28)15-5-7-16(8-6-15)27(13-18-12-26-14-32-18)17-9-10-19(30-22(24)25)20(11-17)29-4/h5-12,14,22H,13H2,1-4H3. The molecule has 0 amide bonds. The molecule has 0 radical (unpaired) electrons. The van der Waals surface area contributed by atoms with E-state index in [1.54, 1.807) is 48.1 Å². The van der Waals surface area contributed by atoms with Gasteiger partial charge >= 0.3 is 12.6 Å². The lowest BCUT2D eigenvalue weighted by atomic mass is 10.1. The van der Waals surface area contributed by atoms with E-state index in [1.807, 2.05) is 25.7 Å². The van der Waals surface area contributed by atoms with Gasteiger partial charge in [-0.1, -0.05) is 0 Å². The maximum atomic E-state index is 12.7. The van der Waals surface area contributed by atoms with Gasteiger partial charge in [-0.15, -0.1) is 11.3 Å². The predicted molar refractivity (Wildman–Crippen MR) is 119 cm³/mol. The van der Waals surface area contributed by atoms with Gasteiger partial charge in [-0.05, 0) is 57.2 Å². The third-order valence-corrected chi connectivity index (χ3v) is 5.05. The lowest BCUT2D eigenvalue weighted by Crippen LogP contribution is -2.24. The maximum Gasteiger partial charge on any atom is 0.387 e. The molecule has 0 fully saturated rings. The van der Waals surface area contributed by atoms with Crippen molar-refractivity contribution < 1.29 is 27.8 Å². The fourth-order valence-corrected chi connectivity index (χ4v) is 3.52. The maximum absolute atomic E-state index is 12.7. The van der Waals surface area contributed by atoms with E-state index in [2.05, 4.69) is 9.72 Å². The summed E-state index contributed by atoms with van der Waals surface area (Å²) >= 11 is 1.49. The number of ether oxygens (including phenoxy) is 3. The van der Waals surface area contributed by atoms with Gasteiger partial charge in [0.15, 0.2) is 11.5 Å². The molecule has 0 saturated carbocycles. The molecule has 170 valence electrons. The van der Waals surface area contributed by atoms with Gasteiger partial charge in [0, 0.05) is 28.5 Å². The zero-order chi connectivity index (χ0) is 23.3. The van der Waals surface area contributed by atoms with Crippen LogP contribution in [0.25, 0.3) is 0 Å². The van der Waals surface area contributed by atoms with Crippen molar-refractivity contribution in [2.75, 3.05) is 12.0 Å². The normalized spacial score (nSPS) is 11.3. The van der Waals surface area contributed by atoms with Crippen LogP contribution in [0.1, 0.15) is 36.0 Å². The molecule has 0 spiro atoms. The molecule has 0 bridgehead atoms. The van der Waals surface area contributed by atoms with Gasteiger partial charge in [0.1, 0.15) is 5.60 Å². The van der Waals surface area contributed by atoms with Crippen molar-refractivity contribution >= 4 is 28.7 Å². The van der Waals surface area contributed by atoms with Gasteiger partial charge in [-0.2, -0.15) is 8.78 Å². The minimum atomic E-state index is -2.96. The van der Waals surface area contributed by atoms with Gasteiger partial charge in [-0.25, -0.2) is 4.79 Å². The third-order valence-electron chi connectivity index (χ3n) is 4.29. The number of hydrogen-bond donors (Lipinski definition) is 0. The molecule has 32 heavy (non-hydrogen) atoms. The summed E-state index contributed by atoms with van der Waals surface area (Å²) in [4.78, 5) is 19.4. The lowest BCUT2D eigenvalue weighted by Gasteiger charge is -2.26. The minimum Gasteiger partial charge on any atom is -0.493 e. The SMILES string of the molecule is COc1cc(N(Cc2cncs2)c2ccc(C(=O)OC(C)(C)C)cc2)ccc1OC(F)F. The summed E-state index contributed by atoms with van der Waals surface area (Å²) in [5.74, 6) is -0.278. The van der Waals surface area contributed by atoms with E-state index in [4.69, 9.17) is 9.47 Å². The molecule has 0 atom stereocenters. The molecule has 3 rings (SSSR count). The number of halogens is 2. The van der Waals surface area contributed by atoms with Crippen LogP contribution in [0, 0.1) is 0 Å². The molecular formula is C23H24F2N2O4S. The molecule has 6 nitrogen and oxygen atoms in total. The summed E-state index contributed by atoms with van der Waals surface area (Å²) in [6.45, 7) is 2.96. The largest absolute Gasteiger partial charge is 0.493 e. The van der Waals surface area contributed by atoms with Crippen LogP contribution < -0.4 is 14.4 Å². The number of carbonyl (C=O) groups excluding carboxylic acids is 1. The van der Waals surface area contributed by atoms with Crippen LogP contribution in [-0.4, -0.2) is 30.3 Å². The number of anilines is 2. The fraction of sp³-hybridized carbons (Fsp3) is 0.304. The summed E-state index contributed by atoms with van der Waals surface area (Å²) in [6.07, 6.45) is 1.76. The summed E-state index contributed by atoms with van der Waals surface area (Å²) in [5.41, 5.74) is 3.06. The third kappa shape index (κ3) is 6.16. The first-order chi connectivity index (χ1) is 15.2. The Morgan fingerprint density at radius 3 is 2.34 bits per heavy atom. The van der Waals surface area contributed by atoms with Crippen molar-refractivity contribution in [1.82, 2.24) is 4.98 Å². The number of hydrogen-bond acceptors (Lipinski definition) is 7. The van der Waals surface area contributed by atoms with E-state index in [9.17, 15) is 13.6 Å². The van der Waals surface area contributed by atoms with Crippen LogP contribution in [0.5, 0.6) is 11.5 Å². The number of alkyl halides is 2. The van der Waals surface area contributed by atoms with Gasteiger partial charge in [0.2, 0.25) is 0 Å². The average Bonchev–Trinajstić information content (AvgIpc) is 3.24. The first-order valence-electron chi connectivity index (χ1n) is 9.77. The Balaban J connectivity index is 1.94. The van der Waals surface area contributed by atoms with Gasteiger partial charge in [0.25, 0.3) is 0 Å². The molecule has 0 aliphatic heterocycles. The van der Waals surface area contributed by atoms with Crippen molar-refractivity contribution in [3.05, 3.63) is 64.6 Å². The van der Waals surface area contributed by atoms with Crippen LogP contribution in [-0.2, 0) is 11.3 Å². The Hall–Kier alpha value is -3.20. The molecule has 1 heterocycles. The van der Waals surface area contributed by atoms with Crippen molar-refractivity contribution in [2.45, 2.75) is 39.5 Å². The van der Waals surface area contributed by atoms with Crippen LogP contribution >= 0.6 is 11.3 Å². The highest BCUT2D eigenvalue weighted by Crippen LogP contribution is 2.36. The molecule has 0 aliphatic carbocycles. The van der Waals surface area contributed by atoms with E-state index in [0.717, 1.165) is 10.6 Å². The van der Waals surface area contributed by atoms with Crippen molar-refractivity contribution in [2.24, 2.45) is 0 Å². The second-order valence-corrected chi connectivity index (χ2v) is 8.79. The zero-order valence-electron chi connectivity index (χ0n) is 18.2. The molecule has 0 unspecified atom stereocenters. The number of aromatic nitrogens is 1. The first-order valence-corrected chi connectivity index (χ1v) is 10.7. The predicted octanol–water partition coefficient (Wildman–Crippen LogP) is 6.05. The summed E-state index contributed by atoms with van der Waals surface area (Å²) < 4.78 is 40.6. The van der Waals surface area contributed by atoms with E-state index < -0.39 is 18.2 Å². The first kappa shape index (κ1) is 23.5. The van der Waals surface area contributed by atoms with Crippen molar-refractivity contribution in [3.8, 4) is 11.5 Å². The van der Waals surface area contributed by atoms with E-state index in [1.165, 1.54) is 24.5 Å². The zero-order valence-corrected chi connectivity index (χ0v) is 19.0. The summed E-state index contributed by atoms with van der Waals surface area (Å²) in [5, 5.41) is 0. The molecule has 2 aromatic carbocycles. The summed E-state index contributed by atoms with van der Waals surface area (Å²) in [7, 11) is 1.39. The molecule has 0 aliphatic rings. The second-order valence-electron chi connectivity index (χ2n) is 7.82. The molecule has 1 aromatic heterocycles. The fourth-order valence-electron chi connectivity index (χ4n) is 2.94. The highest BCUT2D eigenvalue weighted by molar-refractivity contribution is 7.09. The minimum absolute atomic E-state index is 0.0516. The highest BCUT2D eigenvalue weighted by atomic mass is 32.1. The Labute approximate surface area is 189 Å². The van der Waals surface area contributed by atoms with Crippen LogP contribution in [0.2, 0.25) is 0 Å². The van der Waals surface area contributed by atoms with Crippen LogP contribution in [0.15, 0.2) is 54.2 Å².